The van der Waals surface area contributed by atoms with E-state index in [1.54, 1.807) is 0 Å². The first kappa shape index (κ1) is 26.9. The second-order valence-electron chi connectivity index (χ2n) is 8.95. The van der Waals surface area contributed by atoms with Crippen molar-refractivity contribution in [2.45, 2.75) is 38.4 Å². The van der Waals surface area contributed by atoms with Gasteiger partial charge in [0.15, 0.2) is 0 Å². The summed E-state index contributed by atoms with van der Waals surface area (Å²) >= 11 is 0. The highest BCUT2D eigenvalue weighted by Gasteiger charge is 2.54. The fourth-order valence-electron chi connectivity index (χ4n) is 5.27. The number of carbonyl (C=O) groups is 3. The third-order valence-corrected chi connectivity index (χ3v) is 7.10. The summed E-state index contributed by atoms with van der Waals surface area (Å²) < 4.78 is 37.2. The predicted octanol–water partition coefficient (Wildman–Crippen LogP) is 2.50. The van der Waals surface area contributed by atoms with Crippen LogP contribution in [0.5, 0.6) is 0 Å². The maximum absolute atomic E-state index is 13.7. The number of rotatable bonds is 3. The van der Waals surface area contributed by atoms with E-state index in [2.05, 4.69) is 11.8 Å². The monoisotopic (exact) mass is 499 g/mol. The van der Waals surface area contributed by atoms with Crippen molar-refractivity contribution >= 4 is 17.8 Å². The van der Waals surface area contributed by atoms with Crippen LogP contribution in [-0.4, -0.2) is 102 Å². The van der Waals surface area contributed by atoms with Crippen LogP contribution in [0.2, 0.25) is 0 Å². The third kappa shape index (κ3) is 6.13. The summed E-state index contributed by atoms with van der Waals surface area (Å²) in [5, 5.41) is 7.12. The van der Waals surface area contributed by atoms with Crippen molar-refractivity contribution in [1.29, 1.82) is 0 Å². The molecule has 3 aliphatic rings. The summed E-state index contributed by atoms with van der Waals surface area (Å²) in [5.41, 5.74) is 0.370. The predicted molar refractivity (Wildman–Crippen MR) is 121 cm³/mol. The summed E-state index contributed by atoms with van der Waals surface area (Å²) in [6.45, 7) is 8.10. The lowest BCUT2D eigenvalue weighted by Gasteiger charge is -2.40. The summed E-state index contributed by atoms with van der Waals surface area (Å²) in [5.74, 6) is -2.39. The lowest BCUT2D eigenvalue weighted by Crippen LogP contribution is -2.53. The summed E-state index contributed by atoms with van der Waals surface area (Å²) in [6, 6.07) is 9.71. The third-order valence-electron chi connectivity index (χ3n) is 7.10. The van der Waals surface area contributed by atoms with Gasteiger partial charge in [-0.15, -0.1) is 0 Å². The van der Waals surface area contributed by atoms with E-state index in [1.165, 1.54) is 0 Å². The van der Waals surface area contributed by atoms with Gasteiger partial charge in [0.25, 0.3) is 5.91 Å². The van der Waals surface area contributed by atoms with Crippen LogP contribution >= 0.6 is 0 Å². The molecule has 3 heterocycles. The maximum atomic E-state index is 13.7. The van der Waals surface area contributed by atoms with Gasteiger partial charge in [-0.1, -0.05) is 25.1 Å². The first-order chi connectivity index (χ1) is 16.6. The van der Waals surface area contributed by atoms with Crippen molar-refractivity contribution in [2.24, 2.45) is 5.41 Å². The largest absolute Gasteiger partial charge is 0.490 e. The van der Waals surface area contributed by atoms with Gasteiger partial charge < -0.3 is 19.6 Å². The Balaban J connectivity index is 0.000000429. The van der Waals surface area contributed by atoms with Gasteiger partial charge in [-0.05, 0) is 44.5 Å². The normalized spacial score (nSPS) is 25.2. The van der Waals surface area contributed by atoms with Gasteiger partial charge in [0, 0.05) is 37.8 Å². The molecule has 1 aromatic carbocycles. The number of hydrogen-bond acceptors (Lipinski definition) is 5. The Kier molecular flexibility index (Phi) is 8.76. The molecular weight excluding hydrogens is 467 g/mol. The number of nitrogens with zero attached hydrogens (tertiary/aromatic N) is 3. The zero-order chi connectivity index (χ0) is 25.6. The highest BCUT2D eigenvalue weighted by molar-refractivity contribution is 5.94. The summed E-state index contributed by atoms with van der Waals surface area (Å²) in [7, 11) is 0. The zero-order valence-electron chi connectivity index (χ0n) is 19.8. The van der Waals surface area contributed by atoms with Crippen LogP contribution in [-0.2, 0) is 14.3 Å². The Bertz CT molecular complexity index is 892. The first-order valence-corrected chi connectivity index (χ1v) is 11.9. The number of morpholine rings is 1. The molecule has 0 radical (unpaired) electrons. The second kappa shape index (κ2) is 11.4. The minimum atomic E-state index is -5.08. The molecule has 0 bridgehead atoms. The van der Waals surface area contributed by atoms with Gasteiger partial charge in [-0.2, -0.15) is 13.2 Å². The highest BCUT2D eigenvalue weighted by atomic mass is 19.4. The lowest BCUT2D eigenvalue weighted by molar-refractivity contribution is -0.192. The van der Waals surface area contributed by atoms with E-state index < -0.39 is 12.1 Å². The zero-order valence-corrected chi connectivity index (χ0v) is 19.8. The number of amides is 2. The van der Waals surface area contributed by atoms with E-state index in [4.69, 9.17) is 14.6 Å². The average Bonchev–Trinajstić information content (AvgIpc) is 3.11. The quantitative estimate of drug-likeness (QED) is 0.688. The number of ether oxygens (including phenoxy) is 1. The van der Waals surface area contributed by atoms with Crippen LogP contribution < -0.4 is 0 Å². The van der Waals surface area contributed by atoms with Crippen molar-refractivity contribution in [3.8, 4) is 0 Å². The Hall–Kier alpha value is -2.66. The number of aliphatic carboxylic acids is 1. The van der Waals surface area contributed by atoms with Crippen molar-refractivity contribution in [3.63, 3.8) is 0 Å². The Morgan fingerprint density at radius 1 is 1.00 bits per heavy atom. The molecular formula is C24H32F3N3O5. The average molecular weight is 500 g/mol. The number of alkyl halides is 3. The summed E-state index contributed by atoms with van der Waals surface area (Å²) in [6.07, 6.45) is -2.57. The minimum Gasteiger partial charge on any atom is -0.475 e. The topological polar surface area (TPSA) is 90.4 Å². The van der Waals surface area contributed by atoms with Gasteiger partial charge in [-0.25, -0.2) is 4.79 Å². The molecule has 8 nitrogen and oxygen atoms in total. The Labute approximate surface area is 202 Å². The van der Waals surface area contributed by atoms with Crippen LogP contribution in [0.15, 0.2) is 30.3 Å². The van der Waals surface area contributed by atoms with Gasteiger partial charge in [0.2, 0.25) is 5.91 Å². The molecule has 1 N–H and O–H groups in total. The van der Waals surface area contributed by atoms with Gasteiger partial charge in [-0.3, -0.25) is 14.5 Å². The van der Waals surface area contributed by atoms with Gasteiger partial charge >= 0.3 is 12.1 Å². The first-order valence-electron chi connectivity index (χ1n) is 11.9. The van der Waals surface area contributed by atoms with Crippen molar-refractivity contribution in [1.82, 2.24) is 14.7 Å². The second-order valence-corrected chi connectivity index (χ2v) is 8.95. The number of benzene rings is 1. The van der Waals surface area contributed by atoms with Gasteiger partial charge in [0.1, 0.15) is 0 Å². The van der Waals surface area contributed by atoms with Crippen molar-refractivity contribution in [2.75, 3.05) is 52.5 Å². The number of hydrogen-bond donors (Lipinski definition) is 1. The van der Waals surface area contributed by atoms with Gasteiger partial charge in [0.05, 0.1) is 18.6 Å². The fourth-order valence-corrected chi connectivity index (χ4v) is 5.27. The molecule has 3 fully saturated rings. The Morgan fingerprint density at radius 2 is 1.60 bits per heavy atom. The van der Waals surface area contributed by atoms with E-state index in [1.807, 2.05) is 40.1 Å². The van der Waals surface area contributed by atoms with Crippen LogP contribution in [0.3, 0.4) is 0 Å². The molecule has 35 heavy (non-hydrogen) atoms. The van der Waals surface area contributed by atoms with Crippen LogP contribution in [0.25, 0.3) is 0 Å². The lowest BCUT2D eigenvalue weighted by atomic mass is 9.75. The number of likely N-dealkylation sites (tertiary alicyclic amines) is 2. The standard InChI is InChI=1S/C22H31N3O3.C2HF3O2/c1-2-23-12-9-22(21(27)25-14-16-28-17-15-25)10-13-24(11-8-19(22)23)20(26)18-6-4-3-5-7-18;3-2(4,5)1(6)7/h3-7,19H,2,8-17H2,1H3;(H,6,7)/t19-,22-;/m1./s1. The minimum absolute atomic E-state index is 0.0811. The highest BCUT2D eigenvalue weighted by Crippen LogP contribution is 2.45. The SMILES string of the molecule is CCN1CC[C@@]2(C(=O)N3CCOCC3)CCN(C(=O)c3ccccc3)CC[C@@H]12.O=C(O)C(F)(F)F. The summed E-state index contributed by atoms with van der Waals surface area (Å²) in [4.78, 5) is 42.0. The molecule has 2 atom stereocenters. The smallest absolute Gasteiger partial charge is 0.475 e. The van der Waals surface area contributed by atoms with Crippen LogP contribution in [0.1, 0.15) is 36.5 Å². The fraction of sp³-hybridized carbons (Fsp3) is 0.625. The van der Waals surface area contributed by atoms with E-state index in [0.29, 0.717) is 39.4 Å². The number of carbonyl (C=O) groups excluding carboxylic acids is 2. The molecule has 3 aliphatic heterocycles. The van der Waals surface area contributed by atoms with E-state index >= 15 is 0 Å². The number of carboxylic acids is 1. The molecule has 0 spiro atoms. The van der Waals surface area contributed by atoms with Crippen LogP contribution in [0, 0.1) is 5.41 Å². The van der Waals surface area contributed by atoms with E-state index in [-0.39, 0.29) is 23.3 Å². The number of halogens is 3. The number of carboxylic acid groups (broad SMARTS) is 1. The maximum Gasteiger partial charge on any atom is 0.490 e. The van der Waals surface area contributed by atoms with E-state index in [9.17, 15) is 22.8 Å². The van der Waals surface area contributed by atoms with Crippen molar-refractivity contribution in [3.05, 3.63) is 35.9 Å². The van der Waals surface area contributed by atoms with E-state index in [0.717, 1.165) is 37.9 Å². The number of fused-ring (bicyclic) bond motifs is 1. The molecule has 0 aromatic heterocycles. The van der Waals surface area contributed by atoms with Crippen LogP contribution in [0.4, 0.5) is 13.2 Å². The molecule has 0 unspecified atom stereocenters. The molecule has 0 aliphatic carbocycles. The molecule has 0 saturated carbocycles. The van der Waals surface area contributed by atoms with Crippen molar-refractivity contribution < 1.29 is 37.4 Å². The molecule has 3 saturated heterocycles. The molecule has 2 amide bonds. The molecule has 194 valence electrons. The molecule has 4 rings (SSSR count). The molecule has 11 heteroatoms. The Morgan fingerprint density at radius 3 is 2.17 bits per heavy atom. The molecule has 1 aromatic rings.